The van der Waals surface area contributed by atoms with E-state index in [1.165, 1.54) is 17.2 Å². The number of nitrogens with zero attached hydrogens (tertiary/aromatic N) is 1. The van der Waals surface area contributed by atoms with Crippen LogP contribution in [0.15, 0.2) is 42.5 Å². The highest BCUT2D eigenvalue weighted by Gasteiger charge is 2.22. The van der Waals surface area contributed by atoms with Crippen LogP contribution in [0.25, 0.3) is 0 Å². The SMILES string of the molecule is CN(C)c1ccc(C2CCC(=O)CC2)c(Cc2cccc(F)c2)c1. The molecule has 126 valence electrons. The summed E-state index contributed by atoms with van der Waals surface area (Å²) in [5.74, 6) is 0.617. The lowest BCUT2D eigenvalue weighted by atomic mass is 9.80. The highest BCUT2D eigenvalue weighted by molar-refractivity contribution is 5.79. The van der Waals surface area contributed by atoms with E-state index in [-0.39, 0.29) is 5.82 Å². The van der Waals surface area contributed by atoms with Crippen molar-refractivity contribution >= 4 is 11.5 Å². The van der Waals surface area contributed by atoms with E-state index in [0.29, 0.717) is 24.5 Å². The molecule has 1 aliphatic carbocycles. The van der Waals surface area contributed by atoms with Gasteiger partial charge in [0.15, 0.2) is 0 Å². The van der Waals surface area contributed by atoms with Crippen LogP contribution in [0.2, 0.25) is 0 Å². The topological polar surface area (TPSA) is 20.3 Å². The minimum absolute atomic E-state index is 0.193. The third-order valence-electron chi connectivity index (χ3n) is 4.91. The summed E-state index contributed by atoms with van der Waals surface area (Å²) in [7, 11) is 4.06. The first-order valence-electron chi connectivity index (χ1n) is 8.59. The van der Waals surface area contributed by atoms with Crippen LogP contribution >= 0.6 is 0 Å². The number of halogens is 1. The van der Waals surface area contributed by atoms with Crippen molar-refractivity contribution in [3.63, 3.8) is 0 Å². The molecule has 0 bridgehead atoms. The Kier molecular flexibility index (Phi) is 4.98. The summed E-state index contributed by atoms with van der Waals surface area (Å²) >= 11 is 0. The van der Waals surface area contributed by atoms with Gasteiger partial charge in [0.1, 0.15) is 11.6 Å². The molecule has 0 saturated heterocycles. The van der Waals surface area contributed by atoms with E-state index >= 15 is 0 Å². The predicted octanol–water partition coefficient (Wildman–Crippen LogP) is 4.71. The molecule has 1 aliphatic rings. The Morgan fingerprint density at radius 1 is 1.08 bits per heavy atom. The second-order valence-electron chi connectivity index (χ2n) is 6.90. The molecule has 3 heteroatoms. The molecule has 0 aliphatic heterocycles. The van der Waals surface area contributed by atoms with Gasteiger partial charge in [-0.05, 0) is 66.1 Å². The van der Waals surface area contributed by atoms with Gasteiger partial charge >= 0.3 is 0 Å². The maximum Gasteiger partial charge on any atom is 0.132 e. The second-order valence-corrected chi connectivity index (χ2v) is 6.90. The fraction of sp³-hybridized carbons (Fsp3) is 0.381. The molecule has 1 fully saturated rings. The van der Waals surface area contributed by atoms with Gasteiger partial charge in [-0.1, -0.05) is 18.2 Å². The van der Waals surface area contributed by atoms with E-state index in [1.54, 1.807) is 12.1 Å². The van der Waals surface area contributed by atoms with Crippen molar-refractivity contribution in [2.45, 2.75) is 38.0 Å². The van der Waals surface area contributed by atoms with Gasteiger partial charge in [-0.2, -0.15) is 0 Å². The van der Waals surface area contributed by atoms with Gasteiger partial charge in [0.05, 0.1) is 0 Å². The minimum atomic E-state index is -0.193. The number of hydrogen-bond donors (Lipinski definition) is 0. The molecule has 24 heavy (non-hydrogen) atoms. The van der Waals surface area contributed by atoms with Crippen molar-refractivity contribution in [2.24, 2.45) is 0 Å². The zero-order valence-corrected chi connectivity index (χ0v) is 14.4. The summed E-state index contributed by atoms with van der Waals surface area (Å²) in [5, 5.41) is 0. The quantitative estimate of drug-likeness (QED) is 0.811. The van der Waals surface area contributed by atoms with Crippen LogP contribution in [-0.2, 0) is 11.2 Å². The van der Waals surface area contributed by atoms with Crippen molar-refractivity contribution < 1.29 is 9.18 Å². The summed E-state index contributed by atoms with van der Waals surface area (Å²) in [6.45, 7) is 0. The monoisotopic (exact) mass is 325 g/mol. The average Bonchev–Trinajstić information content (AvgIpc) is 2.56. The van der Waals surface area contributed by atoms with Crippen LogP contribution in [0.5, 0.6) is 0 Å². The Bertz CT molecular complexity index is 728. The number of carbonyl (C=O) groups is 1. The molecule has 1 saturated carbocycles. The Morgan fingerprint density at radius 2 is 1.83 bits per heavy atom. The zero-order valence-electron chi connectivity index (χ0n) is 14.4. The lowest BCUT2D eigenvalue weighted by Gasteiger charge is -2.25. The summed E-state index contributed by atoms with van der Waals surface area (Å²) in [6.07, 6.45) is 3.94. The van der Waals surface area contributed by atoms with Crippen molar-refractivity contribution in [3.8, 4) is 0 Å². The predicted molar refractivity (Wildman–Crippen MR) is 96.2 cm³/mol. The normalized spacial score (nSPS) is 15.5. The maximum absolute atomic E-state index is 13.5. The van der Waals surface area contributed by atoms with Crippen molar-refractivity contribution in [2.75, 3.05) is 19.0 Å². The number of anilines is 1. The molecular formula is C21H24FNO. The molecule has 0 radical (unpaired) electrons. The van der Waals surface area contributed by atoms with Gasteiger partial charge in [0.2, 0.25) is 0 Å². The largest absolute Gasteiger partial charge is 0.378 e. The molecule has 0 N–H and O–H groups in total. The smallest absolute Gasteiger partial charge is 0.132 e. The summed E-state index contributed by atoms with van der Waals surface area (Å²) in [4.78, 5) is 13.6. The van der Waals surface area contributed by atoms with Crippen LogP contribution < -0.4 is 4.90 Å². The highest BCUT2D eigenvalue weighted by Crippen LogP contribution is 2.35. The molecule has 3 rings (SSSR count). The number of benzene rings is 2. The molecule has 0 aromatic heterocycles. The average molecular weight is 325 g/mol. The first-order chi connectivity index (χ1) is 11.5. The number of rotatable bonds is 4. The number of hydrogen-bond acceptors (Lipinski definition) is 2. The van der Waals surface area contributed by atoms with Gasteiger partial charge in [-0.3, -0.25) is 4.79 Å². The standard InChI is InChI=1S/C21H24FNO/c1-23(2)19-8-11-21(16-6-9-20(24)10-7-16)17(14-19)12-15-4-3-5-18(22)13-15/h3-5,8,11,13-14,16H,6-7,9-10,12H2,1-2H3. The fourth-order valence-corrected chi connectivity index (χ4v) is 3.54. The molecule has 0 heterocycles. The van der Waals surface area contributed by atoms with Gasteiger partial charge < -0.3 is 4.90 Å². The summed E-state index contributed by atoms with van der Waals surface area (Å²) in [6, 6.07) is 13.4. The van der Waals surface area contributed by atoms with E-state index in [4.69, 9.17) is 0 Å². The van der Waals surface area contributed by atoms with Crippen molar-refractivity contribution in [1.29, 1.82) is 0 Å². The fourth-order valence-electron chi connectivity index (χ4n) is 3.54. The van der Waals surface area contributed by atoms with Crippen LogP contribution in [0, 0.1) is 5.82 Å². The number of ketones is 1. The molecule has 2 aromatic carbocycles. The van der Waals surface area contributed by atoms with Gasteiger partial charge in [0.25, 0.3) is 0 Å². The molecule has 0 atom stereocenters. The van der Waals surface area contributed by atoms with Crippen LogP contribution in [0.1, 0.15) is 48.3 Å². The molecular weight excluding hydrogens is 301 g/mol. The van der Waals surface area contributed by atoms with E-state index in [0.717, 1.165) is 30.5 Å². The molecule has 2 aromatic rings. The Hall–Kier alpha value is -2.16. The summed E-state index contributed by atoms with van der Waals surface area (Å²) < 4.78 is 13.5. The van der Waals surface area contributed by atoms with Crippen molar-refractivity contribution in [3.05, 3.63) is 65.0 Å². The highest BCUT2D eigenvalue weighted by atomic mass is 19.1. The van der Waals surface area contributed by atoms with Crippen LogP contribution in [0.4, 0.5) is 10.1 Å². The minimum Gasteiger partial charge on any atom is -0.378 e. The van der Waals surface area contributed by atoms with E-state index in [9.17, 15) is 9.18 Å². The maximum atomic E-state index is 13.5. The molecule has 0 spiro atoms. The molecule has 0 amide bonds. The Morgan fingerprint density at radius 3 is 2.50 bits per heavy atom. The zero-order chi connectivity index (χ0) is 17.1. The van der Waals surface area contributed by atoms with Gasteiger partial charge in [-0.15, -0.1) is 0 Å². The lowest BCUT2D eigenvalue weighted by molar-refractivity contribution is -0.120. The van der Waals surface area contributed by atoms with E-state index < -0.39 is 0 Å². The van der Waals surface area contributed by atoms with Gasteiger partial charge in [-0.25, -0.2) is 4.39 Å². The lowest BCUT2D eigenvalue weighted by Crippen LogP contribution is -2.15. The van der Waals surface area contributed by atoms with Crippen LogP contribution in [0.3, 0.4) is 0 Å². The van der Waals surface area contributed by atoms with Crippen LogP contribution in [-0.4, -0.2) is 19.9 Å². The van der Waals surface area contributed by atoms with Gasteiger partial charge in [0, 0.05) is 32.6 Å². The molecule has 2 nitrogen and oxygen atoms in total. The molecule has 0 unspecified atom stereocenters. The number of carbonyl (C=O) groups excluding carboxylic acids is 1. The Labute approximate surface area is 143 Å². The first kappa shape index (κ1) is 16.7. The van der Waals surface area contributed by atoms with E-state index in [1.807, 2.05) is 20.2 Å². The second kappa shape index (κ2) is 7.16. The first-order valence-corrected chi connectivity index (χ1v) is 8.59. The third kappa shape index (κ3) is 3.84. The Balaban J connectivity index is 1.94. The third-order valence-corrected chi connectivity index (χ3v) is 4.91. The van der Waals surface area contributed by atoms with E-state index in [2.05, 4.69) is 23.1 Å². The summed E-state index contributed by atoms with van der Waals surface area (Å²) in [5.41, 5.74) is 4.69. The number of Topliss-reactive ketones (excluding diaryl/α,β-unsaturated/α-hetero) is 1. The van der Waals surface area contributed by atoms with Crippen molar-refractivity contribution in [1.82, 2.24) is 0 Å².